The number of benzene rings is 1. The van der Waals surface area contributed by atoms with Crippen molar-refractivity contribution in [2.45, 2.75) is 6.42 Å². The molecule has 0 bridgehead atoms. The van der Waals surface area contributed by atoms with Crippen LogP contribution in [0.15, 0.2) is 40.2 Å². The number of thiophene rings is 1. The summed E-state index contributed by atoms with van der Waals surface area (Å²) in [7, 11) is 0. The van der Waals surface area contributed by atoms with Crippen LogP contribution in [0.3, 0.4) is 0 Å². The topological polar surface area (TPSA) is 78.4 Å². The first-order valence-corrected chi connectivity index (χ1v) is 7.78. The molecule has 0 aliphatic rings. The Labute approximate surface area is 134 Å². The monoisotopic (exact) mass is 368 g/mol. The van der Waals surface area contributed by atoms with E-state index in [0.29, 0.717) is 6.54 Å². The number of halogens is 1. The number of para-hydroxylation sites is 1. The largest absolute Gasteiger partial charge is 0.478 e. The zero-order chi connectivity index (χ0) is 15.2. The molecule has 1 heterocycles. The standard InChI is InChI=1S/C14H13BrN2O3S/c15-12-6-5-9(21-12)7-8-16-14(20)17-11-4-2-1-3-10(11)13(18)19/h1-6H,7-8H2,(H,18,19)(H2,16,17,20). The molecule has 2 amide bonds. The summed E-state index contributed by atoms with van der Waals surface area (Å²) in [6.45, 7) is 0.480. The van der Waals surface area contributed by atoms with Gasteiger partial charge in [0.2, 0.25) is 0 Å². The summed E-state index contributed by atoms with van der Waals surface area (Å²) in [6, 6.07) is 9.82. The molecule has 110 valence electrons. The number of hydrogen-bond acceptors (Lipinski definition) is 3. The number of carbonyl (C=O) groups excluding carboxylic acids is 1. The minimum absolute atomic E-state index is 0.0647. The molecule has 0 aliphatic carbocycles. The van der Waals surface area contributed by atoms with Crippen molar-refractivity contribution >= 4 is 45.0 Å². The van der Waals surface area contributed by atoms with E-state index in [1.807, 2.05) is 12.1 Å². The lowest BCUT2D eigenvalue weighted by molar-refractivity contribution is 0.0698. The molecule has 2 rings (SSSR count). The second-order valence-electron chi connectivity index (χ2n) is 4.19. The first-order valence-electron chi connectivity index (χ1n) is 6.17. The maximum atomic E-state index is 11.8. The third-order valence-corrected chi connectivity index (χ3v) is 4.37. The first-order chi connectivity index (χ1) is 10.1. The van der Waals surface area contributed by atoms with Gasteiger partial charge in [0.05, 0.1) is 15.0 Å². The number of nitrogens with one attached hydrogen (secondary N) is 2. The van der Waals surface area contributed by atoms with Crippen molar-refractivity contribution in [1.82, 2.24) is 5.32 Å². The predicted octanol–water partition coefficient (Wildman–Crippen LogP) is 3.57. The van der Waals surface area contributed by atoms with E-state index in [1.165, 1.54) is 6.07 Å². The van der Waals surface area contributed by atoms with Gasteiger partial charge in [0.25, 0.3) is 0 Å². The highest BCUT2D eigenvalue weighted by Crippen LogP contribution is 2.22. The van der Waals surface area contributed by atoms with E-state index >= 15 is 0 Å². The van der Waals surface area contributed by atoms with E-state index in [4.69, 9.17) is 5.11 Å². The Bertz CT molecular complexity index is 657. The fourth-order valence-electron chi connectivity index (χ4n) is 1.73. The molecule has 2 aromatic rings. The molecular formula is C14H13BrN2O3S. The number of carboxylic acids is 1. The lowest BCUT2D eigenvalue weighted by Gasteiger charge is -2.09. The van der Waals surface area contributed by atoms with Crippen molar-refractivity contribution in [3.8, 4) is 0 Å². The zero-order valence-electron chi connectivity index (χ0n) is 10.9. The van der Waals surface area contributed by atoms with Crippen LogP contribution in [0.5, 0.6) is 0 Å². The van der Waals surface area contributed by atoms with Gasteiger partial charge in [-0.1, -0.05) is 12.1 Å². The van der Waals surface area contributed by atoms with Gasteiger partial charge in [0.1, 0.15) is 0 Å². The predicted molar refractivity (Wildman–Crippen MR) is 86.1 cm³/mol. The van der Waals surface area contributed by atoms with E-state index in [-0.39, 0.29) is 11.3 Å². The van der Waals surface area contributed by atoms with Gasteiger partial charge >= 0.3 is 12.0 Å². The smallest absolute Gasteiger partial charge is 0.337 e. The second-order valence-corrected chi connectivity index (χ2v) is 6.74. The van der Waals surface area contributed by atoms with Crippen LogP contribution in [0.4, 0.5) is 10.5 Å². The number of carbonyl (C=O) groups is 2. The molecule has 0 radical (unpaired) electrons. The zero-order valence-corrected chi connectivity index (χ0v) is 13.3. The molecule has 21 heavy (non-hydrogen) atoms. The van der Waals surface area contributed by atoms with Gasteiger partial charge in [-0.05, 0) is 46.6 Å². The minimum atomic E-state index is -1.07. The SMILES string of the molecule is O=C(NCCc1ccc(Br)s1)Nc1ccccc1C(=O)O. The number of rotatable bonds is 5. The van der Waals surface area contributed by atoms with Crippen LogP contribution in [0.2, 0.25) is 0 Å². The van der Waals surface area contributed by atoms with Gasteiger partial charge < -0.3 is 15.7 Å². The average molecular weight is 369 g/mol. The number of carboxylic acid groups (broad SMARTS) is 1. The summed E-state index contributed by atoms with van der Waals surface area (Å²) in [4.78, 5) is 24.0. The van der Waals surface area contributed by atoms with Crippen LogP contribution in [0.1, 0.15) is 15.2 Å². The van der Waals surface area contributed by atoms with Crippen molar-refractivity contribution in [1.29, 1.82) is 0 Å². The van der Waals surface area contributed by atoms with Gasteiger partial charge in [0.15, 0.2) is 0 Å². The summed E-state index contributed by atoms with van der Waals surface area (Å²) >= 11 is 5.00. The molecule has 0 aliphatic heterocycles. The van der Waals surface area contributed by atoms with Gasteiger partial charge in [-0.3, -0.25) is 0 Å². The van der Waals surface area contributed by atoms with Gasteiger partial charge in [-0.15, -0.1) is 11.3 Å². The Morgan fingerprint density at radius 3 is 2.62 bits per heavy atom. The third kappa shape index (κ3) is 4.57. The van der Waals surface area contributed by atoms with E-state index in [2.05, 4.69) is 26.6 Å². The summed E-state index contributed by atoms with van der Waals surface area (Å²) in [5.74, 6) is -1.07. The third-order valence-electron chi connectivity index (χ3n) is 2.69. The maximum absolute atomic E-state index is 11.8. The molecule has 1 aromatic carbocycles. The Morgan fingerprint density at radius 2 is 1.95 bits per heavy atom. The maximum Gasteiger partial charge on any atom is 0.337 e. The molecule has 0 saturated heterocycles. The summed E-state index contributed by atoms with van der Waals surface area (Å²) in [5.41, 5.74) is 0.344. The highest BCUT2D eigenvalue weighted by atomic mass is 79.9. The molecule has 0 spiro atoms. The number of amides is 2. The van der Waals surface area contributed by atoms with Crippen molar-refractivity contribution in [2.24, 2.45) is 0 Å². The van der Waals surface area contributed by atoms with Crippen LogP contribution in [0, 0.1) is 0 Å². The molecular weight excluding hydrogens is 356 g/mol. The minimum Gasteiger partial charge on any atom is -0.478 e. The first kappa shape index (κ1) is 15.5. The van der Waals surface area contributed by atoms with Crippen LogP contribution in [-0.2, 0) is 6.42 Å². The molecule has 3 N–H and O–H groups in total. The Hall–Kier alpha value is -1.86. The molecule has 5 nitrogen and oxygen atoms in total. The van der Waals surface area contributed by atoms with E-state index < -0.39 is 12.0 Å². The number of aromatic carboxylic acids is 1. The highest BCUT2D eigenvalue weighted by Gasteiger charge is 2.11. The Morgan fingerprint density at radius 1 is 1.19 bits per heavy atom. The van der Waals surface area contributed by atoms with Crippen LogP contribution >= 0.6 is 27.3 Å². The lowest BCUT2D eigenvalue weighted by atomic mass is 10.2. The van der Waals surface area contributed by atoms with Crippen molar-refractivity contribution < 1.29 is 14.7 Å². The van der Waals surface area contributed by atoms with Gasteiger partial charge in [0, 0.05) is 11.4 Å². The fourth-order valence-corrected chi connectivity index (χ4v) is 3.21. The average Bonchev–Trinajstić information content (AvgIpc) is 2.85. The highest BCUT2D eigenvalue weighted by molar-refractivity contribution is 9.11. The normalized spacial score (nSPS) is 10.1. The summed E-state index contributed by atoms with van der Waals surface area (Å²) < 4.78 is 1.05. The van der Waals surface area contributed by atoms with Gasteiger partial charge in [-0.25, -0.2) is 9.59 Å². The lowest BCUT2D eigenvalue weighted by Crippen LogP contribution is -2.30. The quantitative estimate of drug-likeness (QED) is 0.754. The van der Waals surface area contributed by atoms with Crippen LogP contribution in [0.25, 0.3) is 0 Å². The van der Waals surface area contributed by atoms with Crippen molar-refractivity contribution in [2.75, 3.05) is 11.9 Å². The molecule has 7 heteroatoms. The van der Waals surface area contributed by atoms with Crippen LogP contribution in [-0.4, -0.2) is 23.7 Å². The molecule has 0 fully saturated rings. The molecule has 0 unspecified atom stereocenters. The molecule has 0 atom stereocenters. The van der Waals surface area contributed by atoms with E-state index in [9.17, 15) is 9.59 Å². The van der Waals surface area contributed by atoms with Crippen LogP contribution < -0.4 is 10.6 Å². The van der Waals surface area contributed by atoms with E-state index in [1.54, 1.807) is 29.5 Å². The summed E-state index contributed by atoms with van der Waals surface area (Å²) in [5, 5.41) is 14.3. The Balaban J connectivity index is 1.86. The Kier molecular flexibility index (Phi) is 5.35. The fraction of sp³-hybridized carbons (Fsp3) is 0.143. The van der Waals surface area contributed by atoms with Gasteiger partial charge in [-0.2, -0.15) is 0 Å². The number of anilines is 1. The number of urea groups is 1. The summed E-state index contributed by atoms with van der Waals surface area (Å²) in [6.07, 6.45) is 0.726. The van der Waals surface area contributed by atoms with Crippen molar-refractivity contribution in [3.63, 3.8) is 0 Å². The number of hydrogen-bond donors (Lipinski definition) is 3. The van der Waals surface area contributed by atoms with E-state index in [0.717, 1.165) is 15.1 Å². The molecule has 0 saturated carbocycles. The van der Waals surface area contributed by atoms with Crippen molar-refractivity contribution in [3.05, 3.63) is 50.6 Å². The molecule has 1 aromatic heterocycles. The second kappa shape index (κ2) is 7.24.